The van der Waals surface area contributed by atoms with Gasteiger partial charge in [0.2, 0.25) is 17.7 Å². The Balaban J connectivity index is 1.54. The van der Waals surface area contributed by atoms with Gasteiger partial charge in [-0.05, 0) is 43.2 Å². The Morgan fingerprint density at radius 3 is 2.13 bits per heavy atom. The third kappa shape index (κ3) is 10.9. The molecular weight excluding hydrogens is 592 g/mol. The van der Waals surface area contributed by atoms with Crippen molar-refractivity contribution in [3.8, 4) is 10.4 Å². The number of nitrogens with one attached hydrogen (secondary N) is 2. The highest BCUT2D eigenvalue weighted by Crippen LogP contribution is 2.29. The Morgan fingerprint density at radius 2 is 1.58 bits per heavy atom. The summed E-state index contributed by atoms with van der Waals surface area (Å²) < 4.78 is 0. The number of likely N-dealkylation sites (tertiary alicyclic amines) is 1. The molecule has 0 spiro atoms. The monoisotopic (exact) mass is 642 g/mol. The van der Waals surface area contributed by atoms with Crippen molar-refractivity contribution in [3.05, 3.63) is 41.0 Å². The molecule has 3 amide bonds. The second kappa shape index (κ2) is 16.8. The number of benzene rings is 1. The molecule has 0 aliphatic carbocycles. The highest BCUT2D eigenvalue weighted by Gasteiger charge is 2.44. The van der Waals surface area contributed by atoms with Crippen molar-refractivity contribution < 1.29 is 29.4 Å². The summed E-state index contributed by atoms with van der Waals surface area (Å²) in [6.07, 6.45) is 5.92. The smallest absolute Gasteiger partial charge is 0.303 e. The lowest BCUT2D eigenvalue weighted by Crippen LogP contribution is -2.57. The Labute approximate surface area is 271 Å². The molecule has 10 nitrogen and oxygen atoms in total. The number of nitrogens with zero attached hydrogens (tertiary/aromatic N) is 2. The number of hydrogen-bond donors (Lipinski definition) is 4. The first-order valence-electron chi connectivity index (χ1n) is 16.1. The van der Waals surface area contributed by atoms with E-state index in [0.29, 0.717) is 19.3 Å². The average molecular weight is 643 g/mol. The van der Waals surface area contributed by atoms with Gasteiger partial charge in [-0.15, -0.1) is 11.3 Å². The molecule has 4 atom stereocenters. The minimum atomic E-state index is -0.847. The summed E-state index contributed by atoms with van der Waals surface area (Å²) in [7, 11) is 0. The van der Waals surface area contributed by atoms with Gasteiger partial charge in [0.25, 0.3) is 0 Å². The van der Waals surface area contributed by atoms with Gasteiger partial charge in [-0.2, -0.15) is 0 Å². The lowest BCUT2D eigenvalue weighted by molar-refractivity contribution is -0.144. The minimum absolute atomic E-state index is 0.0309. The molecule has 0 bridgehead atoms. The summed E-state index contributed by atoms with van der Waals surface area (Å²) in [5.41, 5.74) is 4.17. The van der Waals surface area contributed by atoms with Gasteiger partial charge in [-0.1, -0.05) is 77.1 Å². The maximum Gasteiger partial charge on any atom is 0.303 e. The molecule has 4 N–H and O–H groups in total. The van der Waals surface area contributed by atoms with Crippen molar-refractivity contribution in [2.24, 2.45) is 5.41 Å². The summed E-state index contributed by atoms with van der Waals surface area (Å²) in [4.78, 5) is 57.6. The fraction of sp³-hybridized carbons (Fsp3) is 0.618. The van der Waals surface area contributed by atoms with Gasteiger partial charge >= 0.3 is 5.97 Å². The van der Waals surface area contributed by atoms with Crippen LogP contribution in [0.3, 0.4) is 0 Å². The summed E-state index contributed by atoms with van der Waals surface area (Å²) in [5.74, 6) is -1.68. The zero-order valence-electron chi connectivity index (χ0n) is 27.3. The molecule has 0 saturated carbocycles. The molecule has 11 heteroatoms. The van der Waals surface area contributed by atoms with Gasteiger partial charge in [0, 0.05) is 25.8 Å². The topological polar surface area (TPSA) is 149 Å². The number of carboxylic acids is 1. The van der Waals surface area contributed by atoms with Crippen molar-refractivity contribution in [2.75, 3.05) is 6.54 Å². The van der Waals surface area contributed by atoms with Gasteiger partial charge in [0.05, 0.1) is 28.2 Å². The summed E-state index contributed by atoms with van der Waals surface area (Å²) in [6, 6.07) is 5.96. The van der Waals surface area contributed by atoms with Crippen molar-refractivity contribution in [1.29, 1.82) is 0 Å². The molecule has 3 rings (SSSR count). The first kappa shape index (κ1) is 36.2. The van der Waals surface area contributed by atoms with E-state index < -0.39 is 29.6 Å². The molecule has 1 fully saturated rings. The highest BCUT2D eigenvalue weighted by molar-refractivity contribution is 7.13. The van der Waals surface area contributed by atoms with Gasteiger partial charge in [0.1, 0.15) is 12.1 Å². The summed E-state index contributed by atoms with van der Waals surface area (Å²) >= 11 is 1.58. The van der Waals surface area contributed by atoms with Gasteiger partial charge in [-0.3, -0.25) is 19.2 Å². The zero-order valence-corrected chi connectivity index (χ0v) is 28.1. The largest absolute Gasteiger partial charge is 0.481 e. The predicted octanol–water partition coefficient (Wildman–Crippen LogP) is 5.38. The maximum absolute atomic E-state index is 13.8. The van der Waals surface area contributed by atoms with Crippen LogP contribution >= 0.6 is 11.3 Å². The van der Waals surface area contributed by atoms with Crippen LogP contribution in [0.25, 0.3) is 10.4 Å². The van der Waals surface area contributed by atoms with E-state index >= 15 is 0 Å². The molecule has 1 saturated heterocycles. The number of carbonyl (C=O) groups excluding carboxylic acids is 3. The molecule has 1 aromatic heterocycles. The van der Waals surface area contributed by atoms with Crippen LogP contribution in [0.1, 0.15) is 109 Å². The Kier molecular flexibility index (Phi) is 13.5. The first-order chi connectivity index (χ1) is 21.3. The number of carboxylic acid groups (broad SMARTS) is 1. The second-order valence-corrected chi connectivity index (χ2v) is 14.1. The minimum Gasteiger partial charge on any atom is -0.481 e. The molecule has 2 aromatic rings. The van der Waals surface area contributed by atoms with Gasteiger partial charge in [-0.25, -0.2) is 4.98 Å². The number of aliphatic carboxylic acids is 1. The maximum atomic E-state index is 13.8. The highest BCUT2D eigenvalue weighted by atomic mass is 32.1. The molecule has 1 aliphatic rings. The number of aliphatic hydroxyl groups excluding tert-OH is 1. The number of rotatable bonds is 16. The molecule has 1 aliphatic heterocycles. The van der Waals surface area contributed by atoms with E-state index in [1.807, 2.05) is 64.4 Å². The van der Waals surface area contributed by atoms with Crippen LogP contribution < -0.4 is 10.6 Å². The van der Waals surface area contributed by atoms with Crippen molar-refractivity contribution in [1.82, 2.24) is 20.5 Å². The fourth-order valence-corrected chi connectivity index (χ4v) is 6.51. The van der Waals surface area contributed by atoms with E-state index in [2.05, 4.69) is 15.6 Å². The van der Waals surface area contributed by atoms with Crippen LogP contribution in [0.15, 0.2) is 29.8 Å². The Morgan fingerprint density at radius 1 is 0.978 bits per heavy atom. The number of unbranched alkanes of at least 4 members (excludes halogenated alkanes) is 6. The SMILES string of the molecule is Cc1ncsc1-c1ccc(C(C)NC(=O)C2CC(O)CN2C(=O)C(NC(=O)CCCCCCCCCC(=O)O)C(C)(C)C)cc1. The molecule has 0 radical (unpaired) electrons. The molecular formula is C34H50N4O6S. The van der Waals surface area contributed by atoms with Gasteiger partial charge in [0.15, 0.2) is 0 Å². The number of aryl methyl sites for hydroxylation is 1. The number of hydrogen-bond acceptors (Lipinski definition) is 7. The normalized spacial score (nSPS) is 18.0. The first-order valence-corrected chi connectivity index (χ1v) is 17.0. The molecule has 248 valence electrons. The van der Waals surface area contributed by atoms with Crippen molar-refractivity contribution in [3.63, 3.8) is 0 Å². The van der Waals surface area contributed by atoms with Crippen LogP contribution in [-0.2, 0) is 19.2 Å². The lowest BCUT2D eigenvalue weighted by Gasteiger charge is -2.35. The molecule has 1 aromatic carbocycles. The van der Waals surface area contributed by atoms with Crippen LogP contribution in [0.4, 0.5) is 0 Å². The lowest BCUT2D eigenvalue weighted by atomic mass is 9.85. The number of amides is 3. The summed E-state index contributed by atoms with van der Waals surface area (Å²) in [5, 5.41) is 25.2. The van der Waals surface area contributed by atoms with E-state index in [1.165, 1.54) is 4.90 Å². The standard InChI is InChI=1S/C34H50N4O6S/c1-22(24-15-17-25(18-16-24)30-23(2)35-21-45-30)36-32(43)27-19-26(39)20-38(27)33(44)31(34(3,4)5)37-28(40)13-11-9-7-6-8-10-12-14-29(41)42/h15-18,21-22,26-27,31,39H,6-14,19-20H2,1-5H3,(H,36,43)(H,37,40)(H,41,42). The van der Waals surface area contributed by atoms with Crippen molar-refractivity contribution >= 4 is 35.0 Å². The van der Waals surface area contributed by atoms with E-state index in [0.717, 1.165) is 53.8 Å². The Bertz CT molecular complexity index is 1290. The van der Waals surface area contributed by atoms with Crippen LogP contribution in [0.5, 0.6) is 0 Å². The van der Waals surface area contributed by atoms with E-state index in [9.17, 15) is 24.3 Å². The van der Waals surface area contributed by atoms with Gasteiger partial charge < -0.3 is 25.7 Å². The number of thiazole rings is 1. The second-order valence-electron chi connectivity index (χ2n) is 13.3. The van der Waals surface area contributed by atoms with Crippen LogP contribution in [0, 0.1) is 12.3 Å². The Hall–Kier alpha value is -3.31. The predicted molar refractivity (Wildman–Crippen MR) is 176 cm³/mol. The van der Waals surface area contributed by atoms with Crippen molar-refractivity contribution in [2.45, 2.75) is 123 Å². The van der Waals surface area contributed by atoms with Crippen LogP contribution in [0.2, 0.25) is 0 Å². The molecule has 2 heterocycles. The average Bonchev–Trinajstić information content (AvgIpc) is 3.59. The van der Waals surface area contributed by atoms with Crippen LogP contribution in [-0.4, -0.2) is 68.5 Å². The third-order valence-electron chi connectivity index (χ3n) is 8.35. The van der Waals surface area contributed by atoms with E-state index in [-0.39, 0.29) is 43.1 Å². The molecule has 4 unspecified atom stereocenters. The molecule has 45 heavy (non-hydrogen) atoms. The summed E-state index contributed by atoms with van der Waals surface area (Å²) in [6.45, 7) is 9.52. The fourth-order valence-electron chi connectivity index (χ4n) is 5.69. The van der Waals surface area contributed by atoms with E-state index in [4.69, 9.17) is 5.11 Å². The number of β-amino-alcohol motifs (C(OH)–C–C–N with tert-alkyl or cyclic N) is 1. The number of carbonyl (C=O) groups is 4. The number of aliphatic hydroxyl groups is 1. The van der Waals surface area contributed by atoms with E-state index in [1.54, 1.807) is 11.3 Å². The quantitative estimate of drug-likeness (QED) is 0.180. The number of aromatic nitrogens is 1. The third-order valence-corrected chi connectivity index (χ3v) is 9.33. The zero-order chi connectivity index (χ0) is 33.1.